The van der Waals surface area contributed by atoms with E-state index in [0.29, 0.717) is 18.4 Å². The molecule has 1 aliphatic rings. The molecule has 36 heavy (non-hydrogen) atoms. The summed E-state index contributed by atoms with van der Waals surface area (Å²) >= 11 is 5.84. The van der Waals surface area contributed by atoms with E-state index in [1.54, 1.807) is 0 Å². The fourth-order valence-corrected chi connectivity index (χ4v) is 4.82. The van der Waals surface area contributed by atoms with Crippen LogP contribution in [0.15, 0.2) is 36.4 Å². The summed E-state index contributed by atoms with van der Waals surface area (Å²) in [5.74, 6) is 0. The Morgan fingerprint density at radius 1 is 0.889 bits per heavy atom. The van der Waals surface area contributed by atoms with Gasteiger partial charge in [0.25, 0.3) is 10.1 Å². The van der Waals surface area contributed by atoms with E-state index in [-0.39, 0.29) is 29.5 Å². The zero-order chi connectivity index (χ0) is 27.3. The molecule has 1 aliphatic heterocycles. The van der Waals surface area contributed by atoms with Crippen molar-refractivity contribution < 1.29 is 52.1 Å². The number of hydrogen-bond acceptors (Lipinski definition) is 4. The van der Waals surface area contributed by atoms with Crippen molar-refractivity contribution in [1.29, 1.82) is 0 Å². The summed E-state index contributed by atoms with van der Waals surface area (Å²) in [5.41, 5.74) is -5.51. The van der Waals surface area contributed by atoms with Crippen molar-refractivity contribution in [1.82, 2.24) is 5.32 Å². The Morgan fingerprint density at radius 2 is 1.44 bits per heavy atom. The molecular weight excluding hydrogens is 553 g/mol. The largest absolute Gasteiger partial charge is 0.416 e. The first kappa shape index (κ1) is 28.5. The minimum Gasteiger partial charge on any atom is -0.304 e. The first-order valence-corrected chi connectivity index (χ1v) is 12.3. The van der Waals surface area contributed by atoms with Crippen molar-refractivity contribution in [3.8, 4) is 0 Å². The van der Waals surface area contributed by atoms with E-state index in [0.717, 1.165) is 18.2 Å². The van der Waals surface area contributed by atoms with Gasteiger partial charge in [-0.25, -0.2) is 0 Å². The lowest BCUT2D eigenvalue weighted by atomic mass is 9.96. The van der Waals surface area contributed by atoms with Crippen LogP contribution in [0.5, 0.6) is 0 Å². The highest BCUT2D eigenvalue weighted by Crippen LogP contribution is 2.43. The van der Waals surface area contributed by atoms with Gasteiger partial charge in [0.15, 0.2) is 0 Å². The van der Waals surface area contributed by atoms with Gasteiger partial charge in [0.2, 0.25) is 0 Å². The van der Waals surface area contributed by atoms with Crippen LogP contribution in [0.4, 0.5) is 39.5 Å². The topological polar surface area (TPSA) is 55.4 Å². The Labute approximate surface area is 204 Å². The lowest BCUT2D eigenvalue weighted by Gasteiger charge is -2.26. The third-order valence-electron chi connectivity index (χ3n) is 5.46. The van der Waals surface area contributed by atoms with Gasteiger partial charge in [-0.3, -0.25) is 4.18 Å². The third kappa shape index (κ3) is 6.84. The van der Waals surface area contributed by atoms with E-state index < -0.39 is 69.1 Å². The van der Waals surface area contributed by atoms with Crippen LogP contribution in [0.2, 0.25) is 5.02 Å². The molecule has 0 amide bonds. The van der Waals surface area contributed by atoms with E-state index in [2.05, 4.69) is 5.32 Å². The van der Waals surface area contributed by atoms with Crippen LogP contribution < -0.4 is 5.32 Å². The van der Waals surface area contributed by atoms with Crippen LogP contribution in [0, 0.1) is 0 Å². The minimum absolute atomic E-state index is 0.0418. The van der Waals surface area contributed by atoms with E-state index >= 15 is 0 Å². The predicted molar refractivity (Wildman–Crippen MR) is 110 cm³/mol. The molecule has 0 radical (unpaired) electrons. The molecule has 2 aromatic carbocycles. The molecule has 3 rings (SSSR count). The summed E-state index contributed by atoms with van der Waals surface area (Å²) < 4.78 is 149. The molecule has 0 unspecified atom stereocenters. The third-order valence-corrected chi connectivity index (χ3v) is 6.25. The van der Waals surface area contributed by atoms with Crippen molar-refractivity contribution in [2.45, 2.75) is 49.6 Å². The maximum absolute atomic E-state index is 13.5. The SMILES string of the molecule is CS(=O)(=O)O[C@@H](c1cc(C(F)(F)F)cc(C(F)(F)F)c1)[C@@H]1CC[C@@H](c2cc(Cl)ccc2C(F)(F)F)N1. The molecule has 1 N–H and O–H groups in total. The second-order valence-electron chi connectivity index (χ2n) is 8.19. The summed E-state index contributed by atoms with van der Waals surface area (Å²) in [6.07, 6.45) is -16.8. The molecule has 1 saturated heterocycles. The molecule has 2 aromatic rings. The summed E-state index contributed by atoms with van der Waals surface area (Å²) in [7, 11) is -4.43. The lowest BCUT2D eigenvalue weighted by Crippen LogP contribution is -2.34. The highest BCUT2D eigenvalue weighted by Gasteiger charge is 2.42. The summed E-state index contributed by atoms with van der Waals surface area (Å²) in [4.78, 5) is 0. The van der Waals surface area contributed by atoms with Gasteiger partial charge in [-0.1, -0.05) is 11.6 Å². The number of nitrogens with one attached hydrogen (secondary N) is 1. The second-order valence-corrected chi connectivity index (χ2v) is 10.2. The molecule has 0 saturated carbocycles. The molecular formula is C21H17ClF9NO3S. The maximum Gasteiger partial charge on any atom is 0.416 e. The Hall–Kier alpha value is -2.03. The quantitative estimate of drug-likeness (QED) is 0.314. The lowest BCUT2D eigenvalue weighted by molar-refractivity contribution is -0.143. The van der Waals surface area contributed by atoms with Gasteiger partial charge in [-0.05, 0) is 60.4 Å². The molecule has 0 spiro atoms. The number of alkyl halides is 9. The van der Waals surface area contributed by atoms with Gasteiger partial charge in [-0.15, -0.1) is 0 Å². The van der Waals surface area contributed by atoms with Gasteiger partial charge >= 0.3 is 18.5 Å². The fraction of sp³-hybridized carbons (Fsp3) is 0.429. The van der Waals surface area contributed by atoms with Crippen molar-refractivity contribution in [3.63, 3.8) is 0 Å². The molecule has 3 atom stereocenters. The molecule has 0 aliphatic carbocycles. The summed E-state index contributed by atoms with van der Waals surface area (Å²) in [5, 5.41) is 2.63. The maximum atomic E-state index is 13.5. The first-order chi connectivity index (χ1) is 16.3. The van der Waals surface area contributed by atoms with E-state index in [9.17, 15) is 47.9 Å². The number of rotatable bonds is 5. The monoisotopic (exact) mass is 569 g/mol. The standard InChI is InChI=1S/C21H17ClF9NO3S/c1-36(33,34)35-18(10-6-11(19(23,24)25)8-12(7-10)20(26,27)28)17-5-4-16(32-17)14-9-13(22)2-3-15(14)21(29,30)31/h2-3,6-9,16-18,32H,4-5H2,1H3/t16-,17-,18-/m0/s1. The smallest absolute Gasteiger partial charge is 0.304 e. The Morgan fingerprint density at radius 3 is 1.92 bits per heavy atom. The van der Waals surface area contributed by atoms with E-state index in [1.807, 2.05) is 0 Å². The zero-order valence-corrected chi connectivity index (χ0v) is 19.6. The van der Waals surface area contributed by atoms with Crippen LogP contribution in [0.25, 0.3) is 0 Å². The van der Waals surface area contributed by atoms with E-state index in [4.69, 9.17) is 15.8 Å². The Bertz CT molecular complexity index is 1190. The fourth-order valence-electron chi connectivity index (χ4n) is 4.02. The predicted octanol–water partition coefficient (Wildman–Crippen LogP) is 6.91. The van der Waals surface area contributed by atoms with Gasteiger partial charge in [0.05, 0.1) is 22.9 Å². The summed E-state index contributed by atoms with van der Waals surface area (Å²) in [6, 6.07) is 0.937. The Balaban J connectivity index is 2.07. The number of benzene rings is 2. The van der Waals surface area contributed by atoms with Crippen molar-refractivity contribution >= 4 is 21.7 Å². The van der Waals surface area contributed by atoms with E-state index in [1.165, 1.54) is 0 Å². The normalized spacial score (nSPS) is 20.5. The number of halogens is 10. The average molecular weight is 570 g/mol. The Kier molecular flexibility index (Phi) is 7.68. The van der Waals surface area contributed by atoms with Crippen LogP contribution in [0.3, 0.4) is 0 Å². The zero-order valence-electron chi connectivity index (χ0n) is 18.0. The van der Waals surface area contributed by atoms with Gasteiger partial charge in [0.1, 0.15) is 6.10 Å². The molecule has 1 heterocycles. The first-order valence-electron chi connectivity index (χ1n) is 10.1. The van der Waals surface area contributed by atoms with Crippen molar-refractivity contribution in [2.24, 2.45) is 0 Å². The van der Waals surface area contributed by atoms with Crippen LogP contribution in [-0.2, 0) is 32.8 Å². The highest BCUT2D eigenvalue weighted by molar-refractivity contribution is 7.86. The van der Waals surface area contributed by atoms with Gasteiger partial charge < -0.3 is 5.32 Å². The number of hydrogen-bond donors (Lipinski definition) is 1. The molecule has 0 bridgehead atoms. The second kappa shape index (κ2) is 9.69. The minimum atomic E-state index is -5.21. The van der Waals surface area contributed by atoms with Gasteiger partial charge in [0, 0.05) is 17.1 Å². The molecule has 15 heteroatoms. The molecule has 200 valence electrons. The molecule has 4 nitrogen and oxygen atoms in total. The van der Waals surface area contributed by atoms with Crippen LogP contribution in [-0.4, -0.2) is 20.7 Å². The van der Waals surface area contributed by atoms with Crippen molar-refractivity contribution in [3.05, 3.63) is 69.2 Å². The highest BCUT2D eigenvalue weighted by atomic mass is 35.5. The van der Waals surface area contributed by atoms with Crippen LogP contribution in [0.1, 0.15) is 52.8 Å². The van der Waals surface area contributed by atoms with Crippen LogP contribution >= 0.6 is 11.6 Å². The summed E-state index contributed by atoms with van der Waals surface area (Å²) in [6.45, 7) is 0. The molecule has 0 aromatic heterocycles. The van der Waals surface area contributed by atoms with Gasteiger partial charge in [-0.2, -0.15) is 47.9 Å². The molecule has 1 fully saturated rings. The average Bonchev–Trinajstić information content (AvgIpc) is 3.18. The van der Waals surface area contributed by atoms with Crippen molar-refractivity contribution in [2.75, 3.05) is 6.26 Å².